The number of nitrogens with zero attached hydrogens (tertiary/aromatic N) is 1. The number of imide groups is 1. The maximum atomic E-state index is 12.4. The van der Waals surface area contributed by atoms with Gasteiger partial charge in [-0.3, -0.25) is 19.3 Å². The van der Waals surface area contributed by atoms with Gasteiger partial charge in [0.15, 0.2) is 0 Å². The quantitative estimate of drug-likeness (QED) is 0.310. The van der Waals surface area contributed by atoms with Crippen LogP contribution in [0.15, 0.2) is 25.3 Å². The second-order valence-corrected chi connectivity index (χ2v) is 5.38. The molecule has 1 unspecified atom stereocenters. The average Bonchev–Trinajstić information content (AvgIpc) is 2.54. The summed E-state index contributed by atoms with van der Waals surface area (Å²) in [5, 5.41) is 9.42. The van der Waals surface area contributed by atoms with Crippen LogP contribution in [0.5, 0.6) is 0 Å². The number of unbranched alkanes of at least 4 members (excludes halogenated alkanes) is 2. The Kier molecular flexibility index (Phi) is 11.7. The lowest BCUT2D eigenvalue weighted by Gasteiger charge is -2.27. The summed E-state index contributed by atoms with van der Waals surface area (Å²) >= 11 is 0. The van der Waals surface area contributed by atoms with Crippen molar-refractivity contribution in [3.05, 3.63) is 25.3 Å². The molecule has 7 heteroatoms. The van der Waals surface area contributed by atoms with Crippen molar-refractivity contribution < 1.29 is 29.0 Å². The van der Waals surface area contributed by atoms with E-state index < -0.39 is 36.2 Å². The van der Waals surface area contributed by atoms with Crippen LogP contribution in [0, 0.1) is 0 Å². The first-order valence-corrected chi connectivity index (χ1v) is 8.34. The van der Waals surface area contributed by atoms with Crippen LogP contribution < -0.4 is 0 Å². The minimum Gasteiger partial charge on any atom is -0.480 e. The summed E-state index contributed by atoms with van der Waals surface area (Å²) in [6.07, 6.45) is 4.75. The summed E-state index contributed by atoms with van der Waals surface area (Å²) in [6, 6.07) is -1.56. The molecule has 0 aromatic carbocycles. The normalized spacial score (nSPS) is 11.2. The van der Waals surface area contributed by atoms with Crippen LogP contribution in [0.4, 0.5) is 0 Å². The second kappa shape index (κ2) is 12.9. The lowest BCUT2D eigenvalue weighted by molar-refractivity contribution is -0.161. The zero-order valence-corrected chi connectivity index (χ0v) is 14.7. The lowest BCUT2D eigenvalue weighted by atomic mass is 10.1. The molecule has 0 aliphatic heterocycles. The Morgan fingerprint density at radius 2 is 1.52 bits per heavy atom. The van der Waals surface area contributed by atoms with E-state index in [1.165, 1.54) is 0 Å². The molecule has 1 N–H and O–H groups in total. The molecular formula is C18H27NO6. The third-order valence-corrected chi connectivity index (χ3v) is 3.40. The van der Waals surface area contributed by atoms with Crippen LogP contribution in [0.25, 0.3) is 0 Å². The number of hydrogen-bond donors (Lipinski definition) is 1. The van der Waals surface area contributed by atoms with Crippen molar-refractivity contribution >= 4 is 23.8 Å². The summed E-state index contributed by atoms with van der Waals surface area (Å²) in [5.41, 5.74) is 0. The van der Waals surface area contributed by atoms with Crippen LogP contribution in [-0.4, -0.2) is 46.4 Å². The first-order chi connectivity index (χ1) is 11.9. The third kappa shape index (κ3) is 8.83. The molecule has 0 saturated carbocycles. The van der Waals surface area contributed by atoms with E-state index in [1.54, 1.807) is 19.1 Å². The van der Waals surface area contributed by atoms with E-state index in [2.05, 4.69) is 13.2 Å². The molecule has 0 aliphatic rings. The van der Waals surface area contributed by atoms with Gasteiger partial charge >= 0.3 is 11.9 Å². The molecule has 0 radical (unpaired) electrons. The first-order valence-electron chi connectivity index (χ1n) is 8.34. The van der Waals surface area contributed by atoms with Gasteiger partial charge in [-0.25, -0.2) is 4.79 Å². The number of amides is 2. The van der Waals surface area contributed by atoms with E-state index in [4.69, 9.17) is 4.74 Å². The van der Waals surface area contributed by atoms with Crippen LogP contribution in [0.3, 0.4) is 0 Å². The van der Waals surface area contributed by atoms with Gasteiger partial charge in [0.25, 0.3) is 0 Å². The number of carbonyl (C=O) groups is 4. The minimum absolute atomic E-state index is 0.00578. The average molecular weight is 353 g/mol. The van der Waals surface area contributed by atoms with E-state index in [9.17, 15) is 24.3 Å². The topological polar surface area (TPSA) is 101 Å². The zero-order chi connectivity index (χ0) is 19.2. The Labute approximate surface area is 148 Å². The van der Waals surface area contributed by atoms with Crippen molar-refractivity contribution in [2.45, 2.75) is 57.9 Å². The zero-order valence-electron chi connectivity index (χ0n) is 14.7. The molecule has 0 fully saturated rings. The third-order valence-electron chi connectivity index (χ3n) is 3.40. The Balaban J connectivity index is 5.31. The summed E-state index contributed by atoms with van der Waals surface area (Å²) < 4.78 is 4.75. The largest absolute Gasteiger partial charge is 0.480 e. The molecule has 7 nitrogen and oxygen atoms in total. The second-order valence-electron chi connectivity index (χ2n) is 5.38. The Morgan fingerprint density at radius 1 is 1.04 bits per heavy atom. The molecule has 1 atom stereocenters. The lowest BCUT2D eigenvalue weighted by Crippen LogP contribution is -2.49. The number of hydrogen-bond acceptors (Lipinski definition) is 5. The molecule has 0 aromatic rings. The van der Waals surface area contributed by atoms with Gasteiger partial charge in [-0.1, -0.05) is 12.2 Å². The summed E-state index contributed by atoms with van der Waals surface area (Å²) in [7, 11) is 0. The maximum absolute atomic E-state index is 12.4. The fourth-order valence-electron chi connectivity index (χ4n) is 2.19. The molecule has 140 valence electrons. The van der Waals surface area contributed by atoms with Gasteiger partial charge in [-0.2, -0.15) is 0 Å². The van der Waals surface area contributed by atoms with Gasteiger partial charge in [-0.15, -0.1) is 13.2 Å². The summed E-state index contributed by atoms with van der Waals surface area (Å²) in [4.78, 5) is 48.8. The Bertz CT molecular complexity index is 474. The Hall–Kier alpha value is -2.44. The van der Waals surface area contributed by atoms with Crippen molar-refractivity contribution in [2.75, 3.05) is 6.61 Å². The summed E-state index contributed by atoms with van der Waals surface area (Å²) in [6.45, 7) is 8.79. The van der Waals surface area contributed by atoms with E-state index in [0.29, 0.717) is 30.6 Å². The SMILES string of the molecule is C=CCCCC(=O)N(C(=O)CCCC=C)C(CC(=O)OCC)C(=O)O. The molecule has 0 aromatic heterocycles. The van der Waals surface area contributed by atoms with Crippen molar-refractivity contribution in [1.29, 1.82) is 0 Å². The standard InChI is InChI=1S/C18H27NO6/c1-4-7-9-11-15(20)19(16(21)12-10-8-5-2)14(18(23)24)13-17(22)25-6-3/h4-5,14H,1-2,6-13H2,3H3,(H,23,24). The number of aliphatic carboxylic acids is 1. The molecule has 0 saturated heterocycles. The highest BCUT2D eigenvalue weighted by Crippen LogP contribution is 2.14. The molecule has 0 bridgehead atoms. The highest BCUT2D eigenvalue weighted by Gasteiger charge is 2.35. The van der Waals surface area contributed by atoms with Gasteiger partial charge in [0, 0.05) is 12.8 Å². The molecule has 0 heterocycles. The number of allylic oxidation sites excluding steroid dienone is 2. The molecule has 25 heavy (non-hydrogen) atoms. The van der Waals surface area contributed by atoms with E-state index in [1.807, 2.05) is 0 Å². The van der Waals surface area contributed by atoms with Gasteiger partial charge in [0.1, 0.15) is 6.04 Å². The smallest absolute Gasteiger partial charge is 0.327 e. The van der Waals surface area contributed by atoms with Gasteiger partial charge in [-0.05, 0) is 32.6 Å². The first kappa shape index (κ1) is 22.6. The van der Waals surface area contributed by atoms with Crippen LogP contribution >= 0.6 is 0 Å². The van der Waals surface area contributed by atoms with Crippen LogP contribution in [-0.2, 0) is 23.9 Å². The molecule has 0 rings (SSSR count). The molecule has 0 spiro atoms. The van der Waals surface area contributed by atoms with Gasteiger partial charge in [0.05, 0.1) is 13.0 Å². The van der Waals surface area contributed by atoms with Crippen molar-refractivity contribution in [3.8, 4) is 0 Å². The number of carboxylic acids is 1. The molecule has 0 aliphatic carbocycles. The van der Waals surface area contributed by atoms with Crippen LogP contribution in [0.2, 0.25) is 0 Å². The van der Waals surface area contributed by atoms with Gasteiger partial charge < -0.3 is 9.84 Å². The number of rotatable bonds is 13. The predicted octanol–water partition coefficient (Wildman–Crippen LogP) is 2.46. The van der Waals surface area contributed by atoms with Crippen molar-refractivity contribution in [1.82, 2.24) is 4.90 Å². The van der Waals surface area contributed by atoms with Gasteiger partial charge in [0.2, 0.25) is 11.8 Å². The monoisotopic (exact) mass is 353 g/mol. The molecular weight excluding hydrogens is 326 g/mol. The van der Waals surface area contributed by atoms with Crippen LogP contribution in [0.1, 0.15) is 51.9 Å². The summed E-state index contributed by atoms with van der Waals surface area (Å²) in [5.74, 6) is -3.40. The number of esters is 1. The predicted molar refractivity (Wildman–Crippen MR) is 92.6 cm³/mol. The van der Waals surface area contributed by atoms with E-state index in [-0.39, 0.29) is 19.4 Å². The highest BCUT2D eigenvalue weighted by molar-refractivity contribution is 6.00. The van der Waals surface area contributed by atoms with E-state index in [0.717, 1.165) is 0 Å². The van der Waals surface area contributed by atoms with Crippen molar-refractivity contribution in [3.63, 3.8) is 0 Å². The molecule has 2 amide bonds. The fraction of sp³-hybridized carbons (Fsp3) is 0.556. The Morgan fingerprint density at radius 3 is 1.88 bits per heavy atom. The number of carboxylic acid groups (broad SMARTS) is 1. The highest BCUT2D eigenvalue weighted by atomic mass is 16.5. The minimum atomic E-state index is -1.56. The number of ether oxygens (including phenoxy) is 1. The van der Waals surface area contributed by atoms with Crippen molar-refractivity contribution in [2.24, 2.45) is 0 Å². The van der Waals surface area contributed by atoms with E-state index >= 15 is 0 Å². The maximum Gasteiger partial charge on any atom is 0.327 e. The number of carbonyl (C=O) groups excluding carboxylic acids is 3. The fourth-order valence-corrected chi connectivity index (χ4v) is 2.19.